The molecule has 2 heterocycles. The van der Waals surface area contributed by atoms with Gasteiger partial charge in [-0.05, 0) is 37.0 Å². The van der Waals surface area contributed by atoms with Crippen LogP contribution in [0.5, 0.6) is 0 Å². The number of benzene rings is 1. The van der Waals surface area contributed by atoms with Crippen molar-refractivity contribution in [2.45, 2.75) is 37.4 Å². The van der Waals surface area contributed by atoms with Gasteiger partial charge in [0.05, 0.1) is 25.2 Å². The number of ether oxygens (including phenoxy) is 2. The second-order valence-corrected chi connectivity index (χ2v) is 6.23. The number of methoxy groups -OCH3 is 1. The molecule has 0 spiro atoms. The second kappa shape index (κ2) is 5.25. The summed E-state index contributed by atoms with van der Waals surface area (Å²) in [4.78, 5) is 12.1. The minimum absolute atomic E-state index is 0.0276. The molecule has 0 aromatic heterocycles. The van der Waals surface area contributed by atoms with E-state index in [1.54, 1.807) is 0 Å². The standard InChI is InChI=1S/C15H17BrO3/c1-18-15(17)14-12(8-11-6-7-13(14)19-11)9-2-4-10(16)5-3-9/h2-5,11-14H,6-8H2,1H3. The third-order valence-electron chi connectivity index (χ3n) is 4.26. The monoisotopic (exact) mass is 324 g/mol. The van der Waals surface area contributed by atoms with Crippen LogP contribution in [-0.4, -0.2) is 25.3 Å². The van der Waals surface area contributed by atoms with Gasteiger partial charge >= 0.3 is 5.97 Å². The largest absolute Gasteiger partial charge is 0.469 e. The van der Waals surface area contributed by atoms with Crippen LogP contribution >= 0.6 is 15.9 Å². The zero-order valence-electron chi connectivity index (χ0n) is 10.8. The average molecular weight is 325 g/mol. The van der Waals surface area contributed by atoms with Gasteiger partial charge in [-0.25, -0.2) is 0 Å². The fourth-order valence-electron chi connectivity index (χ4n) is 3.37. The molecule has 2 saturated heterocycles. The first kappa shape index (κ1) is 13.1. The molecule has 4 atom stereocenters. The Kier molecular flexibility index (Phi) is 3.63. The molecular formula is C15H17BrO3. The molecule has 2 bridgehead atoms. The van der Waals surface area contributed by atoms with Gasteiger partial charge in [0.2, 0.25) is 0 Å². The molecule has 2 fully saturated rings. The molecule has 102 valence electrons. The molecule has 3 rings (SSSR count). The Balaban J connectivity index is 1.92. The molecule has 2 aliphatic rings. The van der Waals surface area contributed by atoms with Crippen molar-refractivity contribution < 1.29 is 14.3 Å². The van der Waals surface area contributed by atoms with E-state index in [4.69, 9.17) is 9.47 Å². The maximum absolute atomic E-state index is 12.1. The maximum atomic E-state index is 12.1. The quantitative estimate of drug-likeness (QED) is 0.783. The van der Waals surface area contributed by atoms with Crippen LogP contribution < -0.4 is 0 Å². The number of carbonyl (C=O) groups excluding carboxylic acids is 1. The molecule has 1 aromatic rings. The fourth-order valence-corrected chi connectivity index (χ4v) is 3.63. The van der Waals surface area contributed by atoms with Gasteiger partial charge in [-0.3, -0.25) is 4.79 Å². The van der Waals surface area contributed by atoms with E-state index >= 15 is 0 Å². The molecule has 0 saturated carbocycles. The first-order valence-corrected chi connectivity index (χ1v) is 7.47. The summed E-state index contributed by atoms with van der Waals surface area (Å²) in [5, 5.41) is 0. The van der Waals surface area contributed by atoms with Gasteiger partial charge in [-0.2, -0.15) is 0 Å². The number of fused-ring (bicyclic) bond motifs is 2. The van der Waals surface area contributed by atoms with Crippen molar-refractivity contribution in [3.63, 3.8) is 0 Å². The topological polar surface area (TPSA) is 35.5 Å². The van der Waals surface area contributed by atoms with Crippen LogP contribution in [-0.2, 0) is 14.3 Å². The maximum Gasteiger partial charge on any atom is 0.311 e. The highest BCUT2D eigenvalue weighted by Gasteiger charge is 2.47. The summed E-state index contributed by atoms with van der Waals surface area (Å²) < 4.78 is 11.9. The van der Waals surface area contributed by atoms with Crippen LogP contribution in [0.1, 0.15) is 30.7 Å². The van der Waals surface area contributed by atoms with Crippen molar-refractivity contribution in [2.75, 3.05) is 7.11 Å². The number of halogens is 1. The number of carbonyl (C=O) groups is 1. The molecule has 3 nitrogen and oxygen atoms in total. The van der Waals surface area contributed by atoms with Gasteiger partial charge in [-0.1, -0.05) is 28.1 Å². The normalized spacial score (nSPS) is 33.2. The lowest BCUT2D eigenvalue weighted by atomic mass is 9.79. The van der Waals surface area contributed by atoms with E-state index < -0.39 is 0 Å². The first-order chi connectivity index (χ1) is 9.19. The van der Waals surface area contributed by atoms with Gasteiger partial charge in [0.15, 0.2) is 0 Å². The molecular weight excluding hydrogens is 308 g/mol. The van der Waals surface area contributed by atoms with E-state index in [1.807, 2.05) is 12.1 Å². The van der Waals surface area contributed by atoms with Crippen molar-refractivity contribution in [3.8, 4) is 0 Å². The second-order valence-electron chi connectivity index (χ2n) is 5.32. The van der Waals surface area contributed by atoms with Crippen molar-refractivity contribution >= 4 is 21.9 Å². The molecule has 0 radical (unpaired) electrons. The molecule has 4 heteroatoms. The van der Waals surface area contributed by atoms with Crippen molar-refractivity contribution in [3.05, 3.63) is 34.3 Å². The van der Waals surface area contributed by atoms with E-state index in [0.717, 1.165) is 23.7 Å². The summed E-state index contributed by atoms with van der Waals surface area (Å²) in [5.74, 6) is -0.0880. The van der Waals surface area contributed by atoms with Gasteiger partial charge in [-0.15, -0.1) is 0 Å². The van der Waals surface area contributed by atoms with Crippen molar-refractivity contribution in [2.24, 2.45) is 5.92 Å². The SMILES string of the molecule is COC(=O)C1C2CCC(CC1c1ccc(Br)cc1)O2. The highest BCUT2D eigenvalue weighted by Crippen LogP contribution is 2.45. The van der Waals surface area contributed by atoms with Gasteiger partial charge in [0, 0.05) is 10.4 Å². The van der Waals surface area contributed by atoms with Gasteiger partial charge in [0.1, 0.15) is 0 Å². The van der Waals surface area contributed by atoms with Crippen LogP contribution in [0, 0.1) is 5.92 Å². The number of hydrogen-bond donors (Lipinski definition) is 0. The summed E-state index contributed by atoms with van der Waals surface area (Å²) in [6, 6.07) is 8.24. The molecule has 0 aliphatic carbocycles. The lowest BCUT2D eigenvalue weighted by Crippen LogP contribution is -2.39. The third-order valence-corrected chi connectivity index (χ3v) is 4.79. The number of hydrogen-bond acceptors (Lipinski definition) is 3. The Morgan fingerprint density at radius 2 is 2.05 bits per heavy atom. The predicted octanol–water partition coefficient (Wildman–Crippen LogP) is 3.27. The van der Waals surface area contributed by atoms with Gasteiger partial charge in [0.25, 0.3) is 0 Å². The van der Waals surface area contributed by atoms with Crippen molar-refractivity contribution in [1.29, 1.82) is 0 Å². The Morgan fingerprint density at radius 1 is 1.32 bits per heavy atom. The van der Waals surface area contributed by atoms with E-state index in [9.17, 15) is 4.79 Å². The van der Waals surface area contributed by atoms with Crippen LogP contribution in [0.4, 0.5) is 0 Å². The highest BCUT2D eigenvalue weighted by atomic mass is 79.9. The smallest absolute Gasteiger partial charge is 0.311 e. The lowest BCUT2D eigenvalue weighted by molar-refractivity contribution is -0.156. The van der Waals surface area contributed by atoms with Crippen LogP contribution in [0.3, 0.4) is 0 Å². The van der Waals surface area contributed by atoms with Crippen LogP contribution in [0.2, 0.25) is 0 Å². The van der Waals surface area contributed by atoms with Crippen LogP contribution in [0.25, 0.3) is 0 Å². The van der Waals surface area contributed by atoms with Crippen molar-refractivity contribution in [1.82, 2.24) is 0 Å². The Hall–Kier alpha value is -0.870. The first-order valence-electron chi connectivity index (χ1n) is 6.68. The lowest BCUT2D eigenvalue weighted by Gasteiger charge is -2.35. The number of esters is 1. The Morgan fingerprint density at radius 3 is 2.74 bits per heavy atom. The summed E-state index contributed by atoms with van der Waals surface area (Å²) in [6.45, 7) is 0. The summed E-state index contributed by atoms with van der Waals surface area (Å²) >= 11 is 3.45. The third kappa shape index (κ3) is 2.43. The summed E-state index contributed by atoms with van der Waals surface area (Å²) in [6.07, 6.45) is 3.28. The van der Waals surface area contributed by atoms with E-state index in [1.165, 1.54) is 12.7 Å². The predicted molar refractivity (Wildman–Crippen MR) is 74.9 cm³/mol. The summed E-state index contributed by atoms with van der Waals surface area (Å²) in [5.41, 5.74) is 1.21. The van der Waals surface area contributed by atoms with Crippen LogP contribution in [0.15, 0.2) is 28.7 Å². The van der Waals surface area contributed by atoms with E-state index in [-0.39, 0.29) is 23.9 Å². The Labute approximate surface area is 121 Å². The highest BCUT2D eigenvalue weighted by molar-refractivity contribution is 9.10. The average Bonchev–Trinajstić information content (AvgIpc) is 2.80. The zero-order valence-corrected chi connectivity index (χ0v) is 12.4. The fraction of sp³-hybridized carbons (Fsp3) is 0.533. The minimum Gasteiger partial charge on any atom is -0.469 e. The van der Waals surface area contributed by atoms with E-state index in [2.05, 4.69) is 28.1 Å². The molecule has 1 aromatic carbocycles. The molecule has 0 N–H and O–H groups in total. The molecule has 4 unspecified atom stereocenters. The minimum atomic E-state index is -0.162. The molecule has 2 aliphatic heterocycles. The molecule has 0 amide bonds. The van der Waals surface area contributed by atoms with Gasteiger partial charge < -0.3 is 9.47 Å². The number of rotatable bonds is 2. The Bertz CT molecular complexity index is 471. The summed E-state index contributed by atoms with van der Waals surface area (Å²) in [7, 11) is 1.46. The van der Waals surface area contributed by atoms with E-state index in [0.29, 0.717) is 6.10 Å². The molecule has 19 heavy (non-hydrogen) atoms. The zero-order chi connectivity index (χ0) is 13.4.